The zero-order valence-corrected chi connectivity index (χ0v) is 18.9. The van der Waals surface area contributed by atoms with Gasteiger partial charge in [-0.1, -0.05) is 12.1 Å². The Morgan fingerprint density at radius 3 is 2.76 bits per heavy atom. The molecule has 4 heterocycles. The van der Waals surface area contributed by atoms with E-state index in [0.717, 1.165) is 47.1 Å². The van der Waals surface area contributed by atoms with Crippen molar-refractivity contribution in [3.8, 4) is 34.4 Å². The van der Waals surface area contributed by atoms with E-state index < -0.39 is 0 Å². The number of nitrogens with one attached hydrogen (secondary N) is 1. The third-order valence-corrected chi connectivity index (χ3v) is 6.92. The molecular weight excluding hydrogens is 426 g/mol. The van der Waals surface area contributed by atoms with Crippen LogP contribution in [0.3, 0.4) is 0 Å². The van der Waals surface area contributed by atoms with E-state index >= 15 is 0 Å². The molecular formula is C26H25N7O. The molecule has 2 aromatic heterocycles. The van der Waals surface area contributed by atoms with Crippen molar-refractivity contribution in [1.29, 1.82) is 5.26 Å². The van der Waals surface area contributed by atoms with Crippen LogP contribution in [0.5, 0.6) is 0 Å². The van der Waals surface area contributed by atoms with Crippen LogP contribution in [-0.4, -0.2) is 57.2 Å². The molecule has 0 saturated carbocycles. The Bertz CT molecular complexity index is 1400. The van der Waals surface area contributed by atoms with Crippen LogP contribution in [-0.2, 0) is 6.54 Å². The van der Waals surface area contributed by atoms with Crippen molar-refractivity contribution in [2.45, 2.75) is 12.6 Å². The second-order valence-electron chi connectivity index (χ2n) is 9.06. The number of hydrogen-bond donors (Lipinski definition) is 2. The lowest BCUT2D eigenvalue weighted by molar-refractivity contribution is 0.148. The molecule has 1 saturated heterocycles. The Hall–Kier alpha value is -3.93. The SMILES string of the molecule is CNC[C@H]1CN(c2ccc3c(c2)Cn2cc(-c4ccc(C#N)cc4)cc2-c2nncn2-3)C[C@H]1O. The minimum absolute atomic E-state index is 0.222. The number of benzene rings is 2. The monoisotopic (exact) mass is 451 g/mol. The molecule has 8 nitrogen and oxygen atoms in total. The third kappa shape index (κ3) is 3.37. The first-order chi connectivity index (χ1) is 16.6. The molecule has 34 heavy (non-hydrogen) atoms. The van der Waals surface area contributed by atoms with E-state index in [0.29, 0.717) is 18.7 Å². The van der Waals surface area contributed by atoms with Gasteiger partial charge >= 0.3 is 0 Å². The number of aliphatic hydroxyl groups is 1. The average molecular weight is 452 g/mol. The van der Waals surface area contributed by atoms with E-state index in [9.17, 15) is 5.11 Å². The normalized spacial score (nSPS) is 18.7. The van der Waals surface area contributed by atoms with Gasteiger partial charge in [-0.15, -0.1) is 10.2 Å². The highest BCUT2D eigenvalue weighted by Crippen LogP contribution is 2.35. The van der Waals surface area contributed by atoms with Gasteiger partial charge in [0, 0.05) is 49.5 Å². The molecule has 2 aliphatic heterocycles. The third-order valence-electron chi connectivity index (χ3n) is 6.92. The van der Waals surface area contributed by atoms with Gasteiger partial charge in [-0.3, -0.25) is 4.57 Å². The van der Waals surface area contributed by atoms with Crippen LogP contribution in [0.2, 0.25) is 0 Å². The van der Waals surface area contributed by atoms with Gasteiger partial charge in [0.15, 0.2) is 5.82 Å². The van der Waals surface area contributed by atoms with Gasteiger partial charge < -0.3 is 19.9 Å². The molecule has 0 bridgehead atoms. The maximum Gasteiger partial charge on any atom is 0.185 e. The largest absolute Gasteiger partial charge is 0.391 e. The number of aliphatic hydroxyl groups excluding tert-OH is 1. The molecule has 4 aromatic rings. The van der Waals surface area contributed by atoms with Crippen LogP contribution >= 0.6 is 0 Å². The highest BCUT2D eigenvalue weighted by atomic mass is 16.3. The summed E-state index contributed by atoms with van der Waals surface area (Å²) in [6, 6.07) is 18.4. The van der Waals surface area contributed by atoms with E-state index in [1.54, 1.807) is 6.33 Å². The van der Waals surface area contributed by atoms with E-state index in [1.807, 2.05) is 35.9 Å². The zero-order valence-electron chi connectivity index (χ0n) is 18.9. The van der Waals surface area contributed by atoms with E-state index in [2.05, 4.69) is 61.5 Å². The zero-order chi connectivity index (χ0) is 23.2. The van der Waals surface area contributed by atoms with E-state index in [1.165, 1.54) is 5.56 Å². The first kappa shape index (κ1) is 20.7. The van der Waals surface area contributed by atoms with Crippen molar-refractivity contribution >= 4 is 5.69 Å². The van der Waals surface area contributed by atoms with Crippen LogP contribution in [0.25, 0.3) is 28.3 Å². The standard InChI is InChI=1S/C26H25N7O/c1-28-11-21-14-31(15-25(21)34)22-6-7-23-20(8-22)13-32-12-19(18-4-2-17(10-27)3-5-18)9-24(32)26-30-29-16-33(23)26/h2-9,12,16,21,25,28,34H,11,13-15H2,1H3/t21-,25+/m0/s1. The predicted octanol–water partition coefficient (Wildman–Crippen LogP) is 2.65. The molecule has 8 heteroatoms. The van der Waals surface area contributed by atoms with Crippen molar-refractivity contribution in [2.24, 2.45) is 5.92 Å². The Labute approximate surface area is 197 Å². The summed E-state index contributed by atoms with van der Waals surface area (Å²) in [7, 11) is 1.93. The minimum atomic E-state index is -0.332. The second kappa shape index (κ2) is 8.13. The quantitative estimate of drug-likeness (QED) is 0.436. The van der Waals surface area contributed by atoms with Crippen LogP contribution in [0.15, 0.2) is 61.1 Å². The van der Waals surface area contributed by atoms with Crippen molar-refractivity contribution in [3.63, 3.8) is 0 Å². The summed E-state index contributed by atoms with van der Waals surface area (Å²) in [5.41, 5.74) is 7.14. The lowest BCUT2D eigenvalue weighted by Gasteiger charge is -2.20. The second-order valence-corrected chi connectivity index (χ2v) is 9.06. The molecule has 0 amide bonds. The number of fused-ring (bicyclic) bond motifs is 5. The first-order valence-electron chi connectivity index (χ1n) is 11.5. The molecule has 0 radical (unpaired) electrons. The van der Waals surface area contributed by atoms with Crippen molar-refractivity contribution in [1.82, 2.24) is 24.6 Å². The van der Waals surface area contributed by atoms with Gasteiger partial charge in [0.2, 0.25) is 0 Å². The molecule has 2 N–H and O–H groups in total. The molecule has 2 aliphatic rings. The number of nitrogens with zero attached hydrogens (tertiary/aromatic N) is 6. The van der Waals surface area contributed by atoms with Crippen molar-refractivity contribution in [2.75, 3.05) is 31.6 Å². The highest BCUT2D eigenvalue weighted by molar-refractivity contribution is 5.72. The van der Waals surface area contributed by atoms with Crippen LogP contribution in [0.4, 0.5) is 5.69 Å². The number of β-amino-alcohol motifs (C(OH)–C–C–N with tert-alkyl or cyclic N) is 1. The number of hydrogen-bond acceptors (Lipinski definition) is 6. The molecule has 1 fully saturated rings. The maximum atomic E-state index is 10.5. The Kier molecular flexibility index (Phi) is 4.94. The van der Waals surface area contributed by atoms with Gasteiger partial charge in [-0.2, -0.15) is 5.26 Å². The molecule has 2 atom stereocenters. The van der Waals surface area contributed by atoms with Gasteiger partial charge in [0.1, 0.15) is 6.33 Å². The van der Waals surface area contributed by atoms with Crippen molar-refractivity contribution < 1.29 is 5.11 Å². The minimum Gasteiger partial charge on any atom is -0.391 e. The summed E-state index contributed by atoms with van der Waals surface area (Å²) in [5.74, 6) is 1.02. The van der Waals surface area contributed by atoms with E-state index in [4.69, 9.17) is 5.26 Å². The smallest absolute Gasteiger partial charge is 0.185 e. The Morgan fingerprint density at radius 1 is 1.12 bits per heavy atom. The van der Waals surface area contributed by atoms with E-state index in [-0.39, 0.29) is 12.0 Å². The number of anilines is 1. The highest BCUT2D eigenvalue weighted by Gasteiger charge is 2.31. The fourth-order valence-corrected chi connectivity index (χ4v) is 5.15. The fourth-order valence-electron chi connectivity index (χ4n) is 5.15. The van der Waals surface area contributed by atoms with Crippen LogP contribution in [0, 0.1) is 17.2 Å². The molecule has 170 valence electrons. The van der Waals surface area contributed by atoms with Gasteiger partial charge in [-0.25, -0.2) is 0 Å². The summed E-state index contributed by atoms with van der Waals surface area (Å²) in [6.45, 7) is 2.98. The van der Waals surface area contributed by atoms with Crippen LogP contribution in [0.1, 0.15) is 11.1 Å². The summed E-state index contributed by atoms with van der Waals surface area (Å²) >= 11 is 0. The van der Waals surface area contributed by atoms with Crippen LogP contribution < -0.4 is 10.2 Å². The molecule has 6 rings (SSSR count). The summed E-state index contributed by atoms with van der Waals surface area (Å²) < 4.78 is 4.26. The predicted molar refractivity (Wildman–Crippen MR) is 130 cm³/mol. The summed E-state index contributed by atoms with van der Waals surface area (Å²) in [6.07, 6.45) is 3.57. The Balaban J connectivity index is 1.38. The number of rotatable bonds is 4. The maximum absolute atomic E-state index is 10.5. The molecule has 0 unspecified atom stereocenters. The molecule has 0 aliphatic carbocycles. The number of nitriles is 1. The fraction of sp³-hybridized carbons (Fsp3) is 0.269. The average Bonchev–Trinajstić information content (AvgIpc) is 3.57. The lowest BCUT2D eigenvalue weighted by Crippen LogP contribution is -2.28. The van der Waals surface area contributed by atoms with Gasteiger partial charge in [0.25, 0.3) is 0 Å². The lowest BCUT2D eigenvalue weighted by atomic mass is 10.1. The summed E-state index contributed by atoms with van der Waals surface area (Å²) in [4.78, 5) is 2.27. The molecule has 0 spiro atoms. The summed E-state index contributed by atoms with van der Waals surface area (Å²) in [5, 5.41) is 31.4. The first-order valence-corrected chi connectivity index (χ1v) is 11.5. The Morgan fingerprint density at radius 2 is 1.97 bits per heavy atom. The molecule has 2 aromatic carbocycles. The number of aromatic nitrogens is 4. The van der Waals surface area contributed by atoms with Gasteiger partial charge in [-0.05, 0) is 54.6 Å². The topological polar surface area (TPSA) is 94.9 Å². The van der Waals surface area contributed by atoms with Crippen molar-refractivity contribution in [3.05, 3.63) is 72.2 Å². The van der Waals surface area contributed by atoms with Gasteiger partial charge in [0.05, 0.1) is 29.1 Å².